The molecule has 60 valence electrons. The van der Waals surface area contributed by atoms with E-state index in [1.165, 1.54) is 8.93 Å². The zero-order valence-electron chi connectivity index (χ0n) is 6.30. The first-order valence-corrected chi connectivity index (χ1v) is 7.40. The quantitative estimate of drug-likeness (QED) is 0.536. The Kier molecular flexibility index (Phi) is 8.57. The van der Waals surface area contributed by atoms with E-state index in [2.05, 4.69) is 37.4 Å². The van der Waals surface area contributed by atoms with Crippen molar-refractivity contribution < 1.29 is 0 Å². The van der Waals surface area contributed by atoms with Crippen LogP contribution in [0.15, 0.2) is 10.9 Å². The van der Waals surface area contributed by atoms with Gasteiger partial charge in [0, 0.05) is 26.6 Å². The average Bonchev–Trinajstić information content (AvgIpc) is 2.57. The van der Waals surface area contributed by atoms with E-state index in [9.17, 15) is 0 Å². The molecule has 0 fully saturated rings. The average molecular weight is 297 g/mol. The van der Waals surface area contributed by atoms with Gasteiger partial charge in [-0.15, -0.1) is 11.3 Å². The van der Waals surface area contributed by atoms with Crippen LogP contribution in [-0.4, -0.2) is 4.98 Å². The zero-order chi connectivity index (χ0) is 8.53. The largest absolute Gasteiger partial charge is 0.236 e. The van der Waals surface area contributed by atoms with Gasteiger partial charge in [0.2, 0.25) is 0 Å². The van der Waals surface area contributed by atoms with Gasteiger partial charge in [-0.05, 0) is 20.1 Å². The van der Waals surface area contributed by atoms with Crippen LogP contribution in [0.2, 0.25) is 0 Å². The minimum absolute atomic E-state index is 0.865. The Morgan fingerprint density at radius 2 is 2.36 bits per heavy atom. The monoisotopic (exact) mass is 297 g/mol. The van der Waals surface area contributed by atoms with Crippen LogP contribution >= 0.6 is 41.5 Å². The van der Waals surface area contributed by atoms with Gasteiger partial charge in [0.25, 0.3) is 0 Å². The van der Waals surface area contributed by atoms with Crippen LogP contribution in [0, 0.1) is 11.2 Å². The SMILES string of the molecule is CC.ISC#Cc1cscn1. The summed E-state index contributed by atoms with van der Waals surface area (Å²) >= 11 is 3.70. The Bertz CT molecular complexity index is 222. The maximum Gasteiger partial charge on any atom is 0.124 e. The number of rotatable bonds is 0. The third kappa shape index (κ3) is 5.53. The van der Waals surface area contributed by atoms with Crippen LogP contribution < -0.4 is 0 Å². The number of halogens is 1. The molecule has 0 aliphatic rings. The third-order valence-corrected chi connectivity index (χ3v) is 2.08. The number of thiazole rings is 1. The maximum atomic E-state index is 3.98. The molecular formula is C7H8INS2. The van der Waals surface area contributed by atoms with Crippen molar-refractivity contribution >= 4 is 41.5 Å². The molecule has 0 bridgehead atoms. The molecule has 1 rings (SSSR count). The van der Waals surface area contributed by atoms with Gasteiger partial charge in [0.15, 0.2) is 0 Å². The highest BCUT2D eigenvalue weighted by molar-refractivity contribution is 14.2. The lowest BCUT2D eigenvalue weighted by Crippen LogP contribution is -1.66. The number of hydrogen-bond donors (Lipinski definition) is 0. The van der Waals surface area contributed by atoms with Crippen molar-refractivity contribution in [3.05, 3.63) is 16.6 Å². The van der Waals surface area contributed by atoms with Crippen LogP contribution in [0.3, 0.4) is 0 Å². The molecule has 1 aromatic rings. The first-order valence-electron chi connectivity index (χ1n) is 3.10. The molecule has 0 atom stereocenters. The van der Waals surface area contributed by atoms with E-state index in [4.69, 9.17) is 0 Å². The molecule has 1 heterocycles. The minimum Gasteiger partial charge on any atom is -0.236 e. The molecule has 1 nitrogen and oxygen atoms in total. The molecule has 11 heavy (non-hydrogen) atoms. The molecule has 0 saturated heterocycles. The second-order valence-corrected chi connectivity index (χ2v) is 3.58. The maximum absolute atomic E-state index is 3.98. The Labute approximate surface area is 87.6 Å². The molecule has 0 aliphatic heterocycles. The van der Waals surface area contributed by atoms with Crippen molar-refractivity contribution in [3.63, 3.8) is 0 Å². The van der Waals surface area contributed by atoms with E-state index >= 15 is 0 Å². The first kappa shape index (κ1) is 11.3. The van der Waals surface area contributed by atoms with Crippen LogP contribution in [0.5, 0.6) is 0 Å². The van der Waals surface area contributed by atoms with Crippen molar-refractivity contribution in [1.82, 2.24) is 4.98 Å². The Morgan fingerprint density at radius 1 is 1.64 bits per heavy atom. The van der Waals surface area contributed by atoms with Gasteiger partial charge in [-0.1, -0.05) is 13.8 Å². The molecule has 0 radical (unpaired) electrons. The number of hydrogen-bond acceptors (Lipinski definition) is 3. The molecule has 0 spiro atoms. The normalized spacial score (nSPS) is 7.18. The van der Waals surface area contributed by atoms with Gasteiger partial charge in [-0.3, -0.25) is 0 Å². The molecule has 0 aliphatic carbocycles. The van der Waals surface area contributed by atoms with Crippen molar-refractivity contribution in [3.8, 4) is 11.2 Å². The number of nitrogens with zero attached hydrogens (tertiary/aromatic N) is 1. The predicted octanol–water partition coefficient (Wildman–Crippen LogP) is 3.56. The molecule has 1 aromatic heterocycles. The van der Waals surface area contributed by atoms with Crippen molar-refractivity contribution in [1.29, 1.82) is 0 Å². The summed E-state index contributed by atoms with van der Waals surface area (Å²) in [5.74, 6) is 2.88. The van der Waals surface area contributed by atoms with E-state index in [0.29, 0.717) is 0 Å². The van der Waals surface area contributed by atoms with E-state index in [1.807, 2.05) is 19.2 Å². The van der Waals surface area contributed by atoms with Gasteiger partial charge >= 0.3 is 0 Å². The summed E-state index contributed by atoms with van der Waals surface area (Å²) in [5.41, 5.74) is 2.64. The summed E-state index contributed by atoms with van der Waals surface area (Å²) in [5, 5.41) is 4.78. The molecular weight excluding hydrogens is 289 g/mol. The Hall–Kier alpha value is 0.270. The Morgan fingerprint density at radius 3 is 2.82 bits per heavy atom. The van der Waals surface area contributed by atoms with Gasteiger partial charge < -0.3 is 0 Å². The van der Waals surface area contributed by atoms with Crippen molar-refractivity contribution in [2.24, 2.45) is 0 Å². The molecule has 4 heteroatoms. The summed E-state index contributed by atoms with van der Waals surface area (Å²) < 4.78 is 0. The summed E-state index contributed by atoms with van der Waals surface area (Å²) in [4.78, 5) is 3.98. The highest BCUT2D eigenvalue weighted by atomic mass is 127. The van der Waals surface area contributed by atoms with Crippen LogP contribution in [0.4, 0.5) is 0 Å². The van der Waals surface area contributed by atoms with E-state index in [0.717, 1.165) is 5.69 Å². The van der Waals surface area contributed by atoms with Gasteiger partial charge in [0.05, 0.1) is 5.51 Å². The summed E-state index contributed by atoms with van der Waals surface area (Å²) in [7, 11) is 1.47. The lowest BCUT2D eigenvalue weighted by molar-refractivity contribution is 1.38. The highest BCUT2D eigenvalue weighted by Gasteiger charge is 1.83. The fraction of sp³-hybridized carbons (Fsp3) is 0.286. The molecule has 0 aromatic carbocycles. The molecule has 0 saturated carbocycles. The second-order valence-electron chi connectivity index (χ2n) is 1.18. The lowest BCUT2D eigenvalue weighted by atomic mass is 10.5. The first-order chi connectivity index (χ1) is 5.43. The van der Waals surface area contributed by atoms with Crippen LogP contribution in [-0.2, 0) is 0 Å². The standard InChI is InChI=1S/C5H2INS2.C2H6/c6-9-2-1-5-3-8-4-7-5;1-2/h3-4H;1-2H3. The molecule has 0 unspecified atom stereocenters. The summed E-state index contributed by atoms with van der Waals surface area (Å²) in [6, 6.07) is 0. The predicted molar refractivity (Wildman–Crippen MR) is 62.0 cm³/mol. The van der Waals surface area contributed by atoms with Crippen molar-refractivity contribution in [2.75, 3.05) is 0 Å². The van der Waals surface area contributed by atoms with E-state index < -0.39 is 0 Å². The van der Waals surface area contributed by atoms with Gasteiger partial charge in [-0.2, -0.15) is 0 Å². The van der Waals surface area contributed by atoms with Crippen LogP contribution in [0.25, 0.3) is 0 Å². The lowest BCUT2D eigenvalue weighted by Gasteiger charge is -1.70. The van der Waals surface area contributed by atoms with Gasteiger partial charge in [0.1, 0.15) is 5.69 Å². The smallest absolute Gasteiger partial charge is 0.124 e. The van der Waals surface area contributed by atoms with Gasteiger partial charge in [-0.25, -0.2) is 4.98 Å². The molecule has 0 N–H and O–H groups in total. The van der Waals surface area contributed by atoms with E-state index in [1.54, 1.807) is 16.8 Å². The fourth-order valence-corrected chi connectivity index (χ4v) is 1.30. The zero-order valence-corrected chi connectivity index (χ0v) is 10.1. The van der Waals surface area contributed by atoms with Crippen LogP contribution in [0.1, 0.15) is 19.5 Å². The van der Waals surface area contributed by atoms with E-state index in [-0.39, 0.29) is 0 Å². The second kappa shape index (κ2) is 8.37. The Balaban J connectivity index is 0.000000461. The molecule has 0 amide bonds. The highest BCUT2D eigenvalue weighted by Crippen LogP contribution is 2.07. The van der Waals surface area contributed by atoms with Crippen molar-refractivity contribution in [2.45, 2.75) is 13.8 Å². The minimum atomic E-state index is 0.865. The number of aromatic nitrogens is 1. The third-order valence-electron chi connectivity index (χ3n) is 0.650. The topological polar surface area (TPSA) is 12.9 Å². The summed E-state index contributed by atoms with van der Waals surface area (Å²) in [6.07, 6.45) is 0. The summed E-state index contributed by atoms with van der Waals surface area (Å²) in [6.45, 7) is 4.00. The fourth-order valence-electron chi connectivity index (χ4n) is 0.346.